The van der Waals surface area contributed by atoms with E-state index in [1.54, 1.807) is 0 Å². The van der Waals surface area contributed by atoms with Crippen molar-refractivity contribution in [2.24, 2.45) is 0 Å². The number of rotatable bonds is 25. The maximum Gasteiger partial charge on any atom is 0.119 e. The molecule has 0 fully saturated rings. The Morgan fingerprint density at radius 1 is 0.515 bits per heavy atom. The highest BCUT2D eigenvalue weighted by Gasteiger charge is 1.99. The second-order valence-electron chi connectivity index (χ2n) is 6.65. The average molecular weight is 473 g/mol. The van der Waals surface area contributed by atoms with E-state index in [2.05, 4.69) is 6.58 Å². The molecular formula is C24H40O9. The molecule has 0 atom stereocenters. The molecule has 0 amide bonds. The Balaban J connectivity index is 1.69. The summed E-state index contributed by atoms with van der Waals surface area (Å²) in [5.41, 5.74) is 0.971. The van der Waals surface area contributed by atoms with Gasteiger partial charge in [0.2, 0.25) is 0 Å². The molecule has 1 aromatic rings. The number of hydrogen-bond acceptors (Lipinski definition) is 9. The second-order valence-corrected chi connectivity index (χ2v) is 6.65. The minimum Gasteiger partial charge on any atom is -0.491 e. The highest BCUT2D eigenvalue weighted by molar-refractivity contribution is 5.56. The monoisotopic (exact) mass is 472 g/mol. The Morgan fingerprint density at radius 2 is 0.848 bits per heavy atom. The number of aliphatic hydroxyl groups excluding tert-OH is 1. The van der Waals surface area contributed by atoms with Crippen molar-refractivity contribution >= 4 is 5.76 Å². The lowest BCUT2D eigenvalue weighted by atomic mass is 10.2. The fourth-order valence-electron chi connectivity index (χ4n) is 2.42. The zero-order valence-corrected chi connectivity index (χ0v) is 19.6. The van der Waals surface area contributed by atoms with Gasteiger partial charge < -0.3 is 43.0 Å². The lowest BCUT2D eigenvalue weighted by Crippen LogP contribution is -2.15. The maximum absolute atomic E-state index is 8.55. The van der Waals surface area contributed by atoms with E-state index in [0.29, 0.717) is 105 Å². The fraction of sp³-hybridized carbons (Fsp3) is 0.667. The van der Waals surface area contributed by atoms with E-state index in [1.807, 2.05) is 30.3 Å². The van der Waals surface area contributed by atoms with Gasteiger partial charge in [0.15, 0.2) is 0 Å². The van der Waals surface area contributed by atoms with Gasteiger partial charge in [-0.3, -0.25) is 0 Å². The van der Waals surface area contributed by atoms with Crippen molar-refractivity contribution in [1.29, 1.82) is 0 Å². The number of benzene rings is 1. The Hall–Kier alpha value is -1.56. The fourth-order valence-corrected chi connectivity index (χ4v) is 2.42. The molecule has 33 heavy (non-hydrogen) atoms. The van der Waals surface area contributed by atoms with Crippen molar-refractivity contribution in [3.63, 3.8) is 0 Å². The molecule has 0 heterocycles. The molecule has 0 aromatic heterocycles. The molecule has 0 aliphatic heterocycles. The van der Waals surface area contributed by atoms with Gasteiger partial charge in [0, 0.05) is 5.56 Å². The predicted octanol–water partition coefficient (Wildman–Crippen LogP) is 1.78. The summed E-state index contributed by atoms with van der Waals surface area (Å²) >= 11 is 0. The van der Waals surface area contributed by atoms with Crippen LogP contribution in [-0.2, 0) is 37.9 Å². The largest absolute Gasteiger partial charge is 0.491 e. The van der Waals surface area contributed by atoms with Crippen LogP contribution in [0.4, 0.5) is 0 Å². The molecule has 0 aliphatic rings. The Morgan fingerprint density at radius 3 is 1.21 bits per heavy atom. The van der Waals surface area contributed by atoms with E-state index < -0.39 is 0 Å². The van der Waals surface area contributed by atoms with Gasteiger partial charge in [-0.15, -0.1) is 0 Å². The molecule has 0 saturated carbocycles. The first-order valence-corrected chi connectivity index (χ1v) is 11.4. The molecule has 9 heteroatoms. The van der Waals surface area contributed by atoms with Crippen LogP contribution in [0.5, 0.6) is 0 Å². The van der Waals surface area contributed by atoms with Crippen LogP contribution in [0.3, 0.4) is 0 Å². The van der Waals surface area contributed by atoms with Crippen LogP contribution in [0, 0.1) is 0 Å². The molecule has 0 unspecified atom stereocenters. The highest BCUT2D eigenvalue weighted by Crippen LogP contribution is 2.12. The minimum atomic E-state index is 0.0296. The van der Waals surface area contributed by atoms with Gasteiger partial charge in [0.05, 0.1) is 99.1 Å². The molecule has 190 valence electrons. The summed E-state index contributed by atoms with van der Waals surface area (Å²) in [4.78, 5) is 0. The van der Waals surface area contributed by atoms with Crippen LogP contribution in [0.15, 0.2) is 36.9 Å². The normalized spacial score (nSPS) is 11.1. The molecule has 1 rings (SSSR count). The van der Waals surface area contributed by atoms with Gasteiger partial charge in [0.1, 0.15) is 12.4 Å². The van der Waals surface area contributed by atoms with Crippen molar-refractivity contribution < 1.29 is 43.0 Å². The van der Waals surface area contributed by atoms with E-state index in [4.69, 9.17) is 43.0 Å². The first-order valence-electron chi connectivity index (χ1n) is 11.4. The van der Waals surface area contributed by atoms with Crippen molar-refractivity contribution in [2.45, 2.75) is 0 Å². The van der Waals surface area contributed by atoms with Crippen LogP contribution in [0.25, 0.3) is 5.76 Å². The van der Waals surface area contributed by atoms with Crippen LogP contribution < -0.4 is 0 Å². The van der Waals surface area contributed by atoms with Crippen LogP contribution in [-0.4, -0.2) is 111 Å². The number of aliphatic hydroxyl groups is 1. The molecule has 1 N–H and O–H groups in total. The summed E-state index contributed by atoms with van der Waals surface area (Å²) in [6, 6.07) is 9.77. The van der Waals surface area contributed by atoms with E-state index in [9.17, 15) is 0 Å². The first-order chi connectivity index (χ1) is 16.3. The van der Waals surface area contributed by atoms with Gasteiger partial charge in [-0.1, -0.05) is 36.9 Å². The van der Waals surface area contributed by atoms with Gasteiger partial charge in [-0.25, -0.2) is 0 Å². The Kier molecular flexibility index (Phi) is 21.1. The van der Waals surface area contributed by atoms with E-state index in [0.717, 1.165) is 5.56 Å². The zero-order valence-electron chi connectivity index (χ0n) is 19.6. The Labute approximate surface area is 197 Å². The molecule has 0 saturated heterocycles. The predicted molar refractivity (Wildman–Crippen MR) is 124 cm³/mol. The standard InChI is InChI=1S/C24H40O9/c1-23(24-5-3-2-4-6-24)33-22-21-32-20-19-31-18-17-30-16-15-29-14-13-28-12-11-27-10-9-26-8-7-25/h2-6,25H,1,7-22H2. The van der Waals surface area contributed by atoms with Crippen LogP contribution in [0.1, 0.15) is 5.56 Å². The quantitative estimate of drug-likeness (QED) is 0.169. The molecule has 0 bridgehead atoms. The van der Waals surface area contributed by atoms with Gasteiger partial charge in [0.25, 0.3) is 0 Å². The van der Waals surface area contributed by atoms with E-state index in [1.165, 1.54) is 0 Å². The SMILES string of the molecule is C=C(OCCOCCOCCOCCOCCOCCOCCOCCO)c1ccccc1. The summed E-state index contributed by atoms with van der Waals surface area (Å²) in [6.07, 6.45) is 0. The van der Waals surface area contributed by atoms with Crippen molar-refractivity contribution in [1.82, 2.24) is 0 Å². The summed E-state index contributed by atoms with van der Waals surface area (Å²) in [6.45, 7) is 11.3. The van der Waals surface area contributed by atoms with Crippen molar-refractivity contribution in [3.8, 4) is 0 Å². The summed E-state index contributed by atoms with van der Waals surface area (Å²) in [7, 11) is 0. The van der Waals surface area contributed by atoms with Crippen LogP contribution >= 0.6 is 0 Å². The lowest BCUT2D eigenvalue weighted by molar-refractivity contribution is -0.0223. The molecule has 9 nitrogen and oxygen atoms in total. The third kappa shape index (κ3) is 19.6. The molecule has 0 aliphatic carbocycles. The molecule has 0 radical (unpaired) electrons. The van der Waals surface area contributed by atoms with Gasteiger partial charge >= 0.3 is 0 Å². The smallest absolute Gasteiger partial charge is 0.119 e. The van der Waals surface area contributed by atoms with E-state index >= 15 is 0 Å². The summed E-state index contributed by atoms with van der Waals surface area (Å²) in [5, 5.41) is 8.55. The average Bonchev–Trinajstić information content (AvgIpc) is 2.85. The molecule has 0 spiro atoms. The maximum atomic E-state index is 8.55. The zero-order chi connectivity index (χ0) is 23.7. The minimum absolute atomic E-state index is 0.0296. The topological polar surface area (TPSA) is 94.1 Å². The first kappa shape index (κ1) is 29.5. The number of hydrogen-bond donors (Lipinski definition) is 1. The van der Waals surface area contributed by atoms with Crippen molar-refractivity contribution in [2.75, 3.05) is 106 Å². The van der Waals surface area contributed by atoms with Gasteiger partial charge in [-0.05, 0) is 0 Å². The van der Waals surface area contributed by atoms with E-state index in [-0.39, 0.29) is 6.61 Å². The Bertz CT molecular complexity index is 542. The lowest BCUT2D eigenvalue weighted by Gasteiger charge is -2.10. The molecular weight excluding hydrogens is 432 g/mol. The van der Waals surface area contributed by atoms with Crippen LogP contribution in [0.2, 0.25) is 0 Å². The highest BCUT2D eigenvalue weighted by atomic mass is 16.6. The summed E-state index contributed by atoms with van der Waals surface area (Å²) < 4.78 is 43.1. The molecule has 1 aromatic carbocycles. The third-order valence-corrected chi connectivity index (χ3v) is 4.07. The van der Waals surface area contributed by atoms with Gasteiger partial charge in [-0.2, -0.15) is 0 Å². The second kappa shape index (κ2) is 23.6. The summed E-state index contributed by atoms with van der Waals surface area (Å²) in [5.74, 6) is 0.645. The third-order valence-electron chi connectivity index (χ3n) is 4.07. The van der Waals surface area contributed by atoms with Crippen molar-refractivity contribution in [3.05, 3.63) is 42.5 Å². The number of ether oxygens (including phenoxy) is 8.